The molecule has 0 aromatic heterocycles. The van der Waals surface area contributed by atoms with Crippen molar-refractivity contribution in [2.75, 3.05) is 27.4 Å². The highest BCUT2D eigenvalue weighted by molar-refractivity contribution is 5.91. The number of para-hydroxylation sites is 1. The van der Waals surface area contributed by atoms with Crippen LogP contribution in [0.4, 0.5) is 0 Å². The number of rotatable bonds is 8. The van der Waals surface area contributed by atoms with Gasteiger partial charge in [-0.3, -0.25) is 19.3 Å². The van der Waals surface area contributed by atoms with Gasteiger partial charge in [0.15, 0.2) is 17.6 Å². The molecule has 5 rings (SSSR count). The van der Waals surface area contributed by atoms with E-state index in [1.54, 1.807) is 25.4 Å². The first-order valence-electron chi connectivity index (χ1n) is 15.4. The summed E-state index contributed by atoms with van der Waals surface area (Å²) in [6, 6.07) is 5.37. The minimum absolute atomic E-state index is 0.141. The van der Waals surface area contributed by atoms with Crippen molar-refractivity contribution in [1.82, 2.24) is 10.2 Å². The van der Waals surface area contributed by atoms with Crippen molar-refractivity contribution in [3.8, 4) is 11.5 Å². The quantitative estimate of drug-likeness (QED) is 0.427. The topological polar surface area (TPSA) is 124 Å². The number of nitrogens with one attached hydrogen (secondary N) is 1. The van der Waals surface area contributed by atoms with Gasteiger partial charge < -0.3 is 29.4 Å². The number of aliphatic carboxylic acids is 1. The zero-order valence-electron chi connectivity index (χ0n) is 26.5. The number of allylic oxidation sites excluding steroid dienone is 2. The van der Waals surface area contributed by atoms with Crippen LogP contribution in [0.15, 0.2) is 53.1 Å². The summed E-state index contributed by atoms with van der Waals surface area (Å²) in [6.07, 6.45) is 5.32. The van der Waals surface area contributed by atoms with Crippen molar-refractivity contribution in [2.45, 2.75) is 77.9 Å². The highest BCUT2D eigenvalue weighted by Crippen LogP contribution is 2.50. The first-order valence-corrected chi connectivity index (χ1v) is 15.4. The molecule has 1 fully saturated rings. The first-order chi connectivity index (χ1) is 20.9. The van der Waals surface area contributed by atoms with E-state index in [9.17, 15) is 19.5 Å². The average molecular weight is 609 g/mol. The molecule has 1 aromatic rings. The molecule has 2 amide bonds. The van der Waals surface area contributed by atoms with Crippen molar-refractivity contribution in [3.63, 3.8) is 0 Å². The second-order valence-electron chi connectivity index (χ2n) is 13.2. The van der Waals surface area contributed by atoms with Crippen LogP contribution in [0.3, 0.4) is 0 Å². The molecule has 1 aromatic carbocycles. The summed E-state index contributed by atoms with van der Waals surface area (Å²) in [5.74, 6) is -0.0923. The van der Waals surface area contributed by atoms with E-state index in [1.165, 1.54) is 0 Å². The predicted octanol–water partition coefficient (Wildman–Crippen LogP) is 4.91. The second-order valence-corrected chi connectivity index (χ2v) is 13.2. The highest BCUT2D eigenvalue weighted by Gasteiger charge is 2.49. The SMILES string of the molecule is COc1cccc([C@@H]2C=C(C)C3=COC[C@@H](C(C)(C)C)N4C(=O)[C@@H](CC(=O)NCC5CCC(C(=O)O)CC5)OC2=C34)c1OC. The Balaban J connectivity index is 1.47. The number of hydrogen-bond acceptors (Lipinski definition) is 7. The number of carboxylic acids is 1. The molecule has 10 nitrogen and oxygen atoms in total. The van der Waals surface area contributed by atoms with Gasteiger partial charge in [-0.05, 0) is 55.6 Å². The lowest BCUT2D eigenvalue weighted by Gasteiger charge is -2.46. The van der Waals surface area contributed by atoms with Crippen LogP contribution in [-0.4, -0.2) is 67.3 Å². The van der Waals surface area contributed by atoms with Crippen LogP contribution in [0.25, 0.3) is 0 Å². The first kappa shape index (κ1) is 31.5. The largest absolute Gasteiger partial charge is 0.498 e. The Morgan fingerprint density at radius 1 is 1.11 bits per heavy atom. The summed E-state index contributed by atoms with van der Waals surface area (Å²) in [7, 11) is 3.19. The molecule has 0 bridgehead atoms. The van der Waals surface area contributed by atoms with E-state index in [0.717, 1.165) is 29.6 Å². The third-order valence-corrected chi connectivity index (χ3v) is 9.33. The number of benzene rings is 1. The van der Waals surface area contributed by atoms with Crippen molar-refractivity contribution < 1.29 is 38.4 Å². The van der Waals surface area contributed by atoms with Crippen molar-refractivity contribution in [3.05, 3.63) is 58.7 Å². The van der Waals surface area contributed by atoms with E-state index in [-0.39, 0.29) is 41.5 Å². The third-order valence-electron chi connectivity index (χ3n) is 9.33. The summed E-state index contributed by atoms with van der Waals surface area (Å²) in [4.78, 5) is 40.7. The monoisotopic (exact) mass is 608 g/mol. The summed E-state index contributed by atoms with van der Waals surface area (Å²) >= 11 is 0. The zero-order chi connectivity index (χ0) is 31.8. The number of hydrogen-bond donors (Lipinski definition) is 2. The fraction of sp³-hybridized carbons (Fsp3) is 0.559. The Morgan fingerprint density at radius 2 is 1.84 bits per heavy atom. The molecule has 4 aliphatic rings. The Hall–Kier alpha value is -3.95. The number of carbonyl (C=O) groups is 3. The molecule has 0 spiro atoms. The minimum Gasteiger partial charge on any atom is -0.498 e. The van der Waals surface area contributed by atoms with Gasteiger partial charge in [0.05, 0.1) is 50.5 Å². The van der Waals surface area contributed by atoms with Crippen molar-refractivity contribution in [2.24, 2.45) is 17.3 Å². The molecule has 2 aliphatic heterocycles. The van der Waals surface area contributed by atoms with Gasteiger partial charge in [0, 0.05) is 17.7 Å². The van der Waals surface area contributed by atoms with Crippen molar-refractivity contribution >= 4 is 17.8 Å². The fourth-order valence-corrected chi connectivity index (χ4v) is 6.75. The summed E-state index contributed by atoms with van der Waals surface area (Å²) in [5.41, 5.74) is 2.85. The van der Waals surface area contributed by atoms with Gasteiger partial charge in [-0.25, -0.2) is 0 Å². The molecule has 2 heterocycles. The van der Waals surface area contributed by atoms with Crippen LogP contribution in [-0.2, 0) is 23.9 Å². The summed E-state index contributed by atoms with van der Waals surface area (Å²) in [5, 5.41) is 12.3. The number of amides is 2. The number of carbonyl (C=O) groups excluding carboxylic acids is 2. The van der Waals surface area contributed by atoms with Gasteiger partial charge in [0.25, 0.3) is 5.91 Å². The van der Waals surface area contributed by atoms with Gasteiger partial charge in [-0.2, -0.15) is 0 Å². The zero-order valence-corrected chi connectivity index (χ0v) is 26.5. The Bertz CT molecular complexity index is 1400. The van der Waals surface area contributed by atoms with Crippen LogP contribution < -0.4 is 14.8 Å². The van der Waals surface area contributed by atoms with Crippen LogP contribution in [0.5, 0.6) is 11.5 Å². The molecule has 2 N–H and O–H groups in total. The highest BCUT2D eigenvalue weighted by atomic mass is 16.5. The molecule has 0 saturated heterocycles. The molecular formula is C34H44N2O8. The molecule has 3 atom stereocenters. The third kappa shape index (κ3) is 6.03. The van der Waals surface area contributed by atoms with Crippen molar-refractivity contribution in [1.29, 1.82) is 0 Å². The van der Waals surface area contributed by atoms with Crippen LogP contribution in [0.2, 0.25) is 0 Å². The number of nitrogens with zero attached hydrogens (tertiary/aromatic N) is 1. The number of carboxylic acid groups (broad SMARTS) is 1. The van der Waals surface area contributed by atoms with E-state index < -0.39 is 18.0 Å². The van der Waals surface area contributed by atoms with Gasteiger partial charge >= 0.3 is 5.97 Å². The number of methoxy groups -OCH3 is 2. The summed E-state index contributed by atoms with van der Waals surface area (Å²) < 4.78 is 24.0. The average Bonchev–Trinajstić information content (AvgIpc) is 3.21. The van der Waals surface area contributed by atoms with E-state index in [4.69, 9.17) is 18.9 Å². The van der Waals surface area contributed by atoms with Gasteiger partial charge in [-0.15, -0.1) is 0 Å². The molecular weight excluding hydrogens is 564 g/mol. The van der Waals surface area contributed by atoms with E-state index in [2.05, 4.69) is 32.2 Å². The lowest BCUT2D eigenvalue weighted by atomic mass is 9.80. The molecule has 0 unspecified atom stereocenters. The van der Waals surface area contributed by atoms with Crippen LogP contribution in [0.1, 0.15) is 71.3 Å². The van der Waals surface area contributed by atoms with Gasteiger partial charge in [0.2, 0.25) is 5.91 Å². The molecule has 2 aliphatic carbocycles. The van der Waals surface area contributed by atoms with E-state index in [0.29, 0.717) is 48.9 Å². The lowest BCUT2D eigenvalue weighted by molar-refractivity contribution is -0.151. The fourth-order valence-electron chi connectivity index (χ4n) is 6.75. The molecule has 1 saturated carbocycles. The van der Waals surface area contributed by atoms with Gasteiger partial charge in [-0.1, -0.05) is 39.0 Å². The lowest BCUT2D eigenvalue weighted by Crippen LogP contribution is -2.56. The molecule has 238 valence electrons. The van der Waals surface area contributed by atoms with Crippen LogP contribution >= 0.6 is 0 Å². The molecule has 0 radical (unpaired) electrons. The maximum absolute atomic E-state index is 14.3. The number of ether oxygens (including phenoxy) is 4. The second kappa shape index (κ2) is 12.6. The smallest absolute Gasteiger partial charge is 0.306 e. The normalized spacial score (nSPS) is 26.7. The Labute approximate surface area is 259 Å². The van der Waals surface area contributed by atoms with E-state index in [1.807, 2.05) is 25.1 Å². The molecule has 10 heteroatoms. The maximum atomic E-state index is 14.3. The Morgan fingerprint density at radius 3 is 2.48 bits per heavy atom. The predicted molar refractivity (Wildman–Crippen MR) is 163 cm³/mol. The van der Waals surface area contributed by atoms with Crippen LogP contribution in [0, 0.1) is 17.3 Å². The molecule has 44 heavy (non-hydrogen) atoms. The Kier molecular flexibility index (Phi) is 9.00. The summed E-state index contributed by atoms with van der Waals surface area (Å²) in [6.45, 7) is 8.95. The maximum Gasteiger partial charge on any atom is 0.306 e. The van der Waals surface area contributed by atoms with Gasteiger partial charge in [0.1, 0.15) is 12.4 Å². The van der Waals surface area contributed by atoms with E-state index >= 15 is 0 Å². The standard InChI is InChI=1S/C34H44N2O8/c1-19-14-23(22-8-7-9-25(41-5)30(22)42-6)31-29-24(19)17-43-18-27(34(2,3)4)36(29)32(38)26(44-31)15-28(37)35-16-20-10-12-21(13-11-20)33(39)40/h7-9,14,17,20-21,23,26-27H,10-13,15-16,18H2,1-6H3,(H,35,37)(H,39,40)/t20?,21?,23-,26+,27-/m0/s1. The minimum atomic E-state index is -1.04.